The van der Waals surface area contributed by atoms with E-state index >= 15 is 0 Å². The lowest BCUT2D eigenvalue weighted by atomic mass is 10.0. The number of carbonyl (C=O) groups excluding carboxylic acids is 1. The van der Waals surface area contributed by atoms with Crippen LogP contribution in [0.4, 0.5) is 0 Å². The Balaban J connectivity index is 3.55. The van der Waals surface area contributed by atoms with E-state index in [0.29, 0.717) is 6.42 Å². The quantitative estimate of drug-likeness (QED) is 0.0361. The lowest BCUT2D eigenvalue weighted by Crippen LogP contribution is -2.45. The Hall–Kier alpha value is -1.17. The first-order valence-corrected chi connectivity index (χ1v) is 30.1. The summed E-state index contributed by atoms with van der Waals surface area (Å²) in [6.45, 7) is 4.25. The molecular formula is C61H119NO4. The molecule has 0 aliphatic heterocycles. The highest BCUT2D eigenvalue weighted by Gasteiger charge is 2.20. The van der Waals surface area contributed by atoms with Crippen LogP contribution in [0, 0.1) is 0 Å². The SMILES string of the molecule is CCCCCCCCCCCCCCCCCCCC/C=C/CC/C=C/C(O)C(CO)NC(=O)CC(O)CCCCCCCCCCCCCCCCCCCCCCCCCCCCC. The molecule has 1 amide bonds. The number of aliphatic hydroxyl groups excluding tert-OH is 3. The number of amides is 1. The fraction of sp³-hybridized carbons (Fsp3) is 0.918. The second-order valence-corrected chi connectivity index (χ2v) is 21.0. The minimum Gasteiger partial charge on any atom is -0.394 e. The summed E-state index contributed by atoms with van der Waals surface area (Å²) in [7, 11) is 0. The van der Waals surface area contributed by atoms with Crippen molar-refractivity contribution in [1.29, 1.82) is 0 Å². The fourth-order valence-electron chi connectivity index (χ4n) is 9.66. The summed E-state index contributed by atoms with van der Waals surface area (Å²) in [5, 5.41) is 33.5. The normalized spacial score (nSPS) is 13.3. The second-order valence-electron chi connectivity index (χ2n) is 21.0. The van der Waals surface area contributed by atoms with Gasteiger partial charge in [-0.15, -0.1) is 0 Å². The maximum atomic E-state index is 12.5. The first-order chi connectivity index (χ1) is 32.5. The van der Waals surface area contributed by atoms with Crippen LogP contribution in [-0.2, 0) is 4.79 Å². The van der Waals surface area contributed by atoms with Gasteiger partial charge in [-0.05, 0) is 32.1 Å². The summed E-state index contributed by atoms with van der Waals surface area (Å²) in [6, 6.07) is -0.760. The van der Waals surface area contributed by atoms with Crippen molar-refractivity contribution in [3.05, 3.63) is 24.3 Å². The zero-order valence-corrected chi connectivity index (χ0v) is 44.9. The summed E-state index contributed by atoms with van der Waals surface area (Å²) in [5.74, 6) is -0.318. The highest BCUT2D eigenvalue weighted by atomic mass is 16.3. The van der Waals surface area contributed by atoms with E-state index in [1.165, 1.54) is 276 Å². The number of hydrogen-bond acceptors (Lipinski definition) is 4. The van der Waals surface area contributed by atoms with E-state index in [4.69, 9.17) is 0 Å². The van der Waals surface area contributed by atoms with Crippen molar-refractivity contribution in [2.75, 3.05) is 6.61 Å². The first kappa shape index (κ1) is 64.8. The monoisotopic (exact) mass is 930 g/mol. The number of nitrogens with one attached hydrogen (secondary N) is 1. The minimum atomic E-state index is -0.951. The van der Waals surface area contributed by atoms with Crippen molar-refractivity contribution in [1.82, 2.24) is 5.32 Å². The third-order valence-corrected chi connectivity index (χ3v) is 14.2. The van der Waals surface area contributed by atoms with E-state index in [0.717, 1.165) is 32.1 Å². The van der Waals surface area contributed by atoms with Crippen molar-refractivity contribution in [3.8, 4) is 0 Å². The lowest BCUT2D eigenvalue weighted by Gasteiger charge is -2.21. The molecule has 3 unspecified atom stereocenters. The Labute approximate surface area is 413 Å². The smallest absolute Gasteiger partial charge is 0.222 e. The van der Waals surface area contributed by atoms with E-state index in [9.17, 15) is 20.1 Å². The molecule has 0 aliphatic carbocycles. The van der Waals surface area contributed by atoms with Crippen LogP contribution in [0.2, 0.25) is 0 Å². The zero-order chi connectivity index (χ0) is 47.9. The highest BCUT2D eigenvalue weighted by Crippen LogP contribution is 2.18. The third-order valence-electron chi connectivity index (χ3n) is 14.2. The summed E-state index contributed by atoms with van der Waals surface area (Å²) in [5.41, 5.74) is 0. The average Bonchev–Trinajstić information content (AvgIpc) is 3.31. The predicted molar refractivity (Wildman–Crippen MR) is 292 cm³/mol. The van der Waals surface area contributed by atoms with Gasteiger partial charge < -0.3 is 20.6 Å². The van der Waals surface area contributed by atoms with Crippen LogP contribution in [0.1, 0.15) is 335 Å². The van der Waals surface area contributed by atoms with Gasteiger partial charge in [-0.2, -0.15) is 0 Å². The minimum absolute atomic E-state index is 0.0106. The van der Waals surface area contributed by atoms with Crippen LogP contribution in [0.15, 0.2) is 24.3 Å². The number of carbonyl (C=O) groups is 1. The van der Waals surface area contributed by atoms with Crippen molar-refractivity contribution in [2.45, 2.75) is 353 Å². The number of rotatable bonds is 56. The van der Waals surface area contributed by atoms with Crippen LogP contribution < -0.4 is 5.32 Å². The number of allylic oxidation sites excluding steroid dienone is 3. The van der Waals surface area contributed by atoms with Crippen molar-refractivity contribution in [2.24, 2.45) is 0 Å². The van der Waals surface area contributed by atoms with E-state index in [1.54, 1.807) is 6.08 Å². The Kier molecular flexibility index (Phi) is 55.4. The number of aliphatic hydroxyl groups is 3. The van der Waals surface area contributed by atoms with Gasteiger partial charge in [0.25, 0.3) is 0 Å². The molecule has 392 valence electrons. The molecule has 0 aromatic heterocycles. The predicted octanol–water partition coefficient (Wildman–Crippen LogP) is 18.8. The molecule has 66 heavy (non-hydrogen) atoms. The standard InChI is InChI=1S/C61H119NO4/c1-3-5-7-9-11-13-15-17-19-21-23-25-27-29-30-31-32-34-36-38-40-42-44-46-48-50-52-54-58(64)56-61(66)62-59(57-63)60(65)55-53-51-49-47-45-43-41-39-37-35-33-28-26-24-22-20-18-16-14-12-10-8-6-4-2/h45,47,53,55,58-60,63-65H,3-44,46,48-52,54,56-57H2,1-2H3,(H,62,66)/b47-45+,55-53+. The first-order valence-electron chi connectivity index (χ1n) is 30.1. The van der Waals surface area contributed by atoms with Crippen LogP contribution in [0.3, 0.4) is 0 Å². The van der Waals surface area contributed by atoms with E-state index in [1.807, 2.05) is 6.08 Å². The van der Waals surface area contributed by atoms with Gasteiger partial charge in [0.15, 0.2) is 0 Å². The number of hydrogen-bond donors (Lipinski definition) is 4. The molecule has 0 aromatic carbocycles. The van der Waals surface area contributed by atoms with Crippen LogP contribution in [0.25, 0.3) is 0 Å². The molecule has 0 rings (SSSR count). The summed E-state index contributed by atoms with van der Waals surface area (Å²) in [6.07, 6.45) is 72.5. The van der Waals surface area contributed by atoms with Crippen molar-refractivity contribution in [3.63, 3.8) is 0 Å². The molecule has 0 fully saturated rings. The molecule has 3 atom stereocenters. The zero-order valence-electron chi connectivity index (χ0n) is 44.9. The Bertz CT molecular complexity index is 982. The molecule has 0 aliphatic rings. The topological polar surface area (TPSA) is 89.8 Å². The molecular weight excluding hydrogens is 811 g/mol. The van der Waals surface area contributed by atoms with Crippen LogP contribution in [0.5, 0.6) is 0 Å². The third kappa shape index (κ3) is 52.2. The van der Waals surface area contributed by atoms with Gasteiger partial charge in [0.2, 0.25) is 5.91 Å². The average molecular weight is 931 g/mol. The fourth-order valence-corrected chi connectivity index (χ4v) is 9.66. The largest absolute Gasteiger partial charge is 0.394 e. The van der Waals surface area contributed by atoms with Gasteiger partial charge in [0, 0.05) is 0 Å². The summed E-state index contributed by atoms with van der Waals surface area (Å²) >= 11 is 0. The molecule has 0 radical (unpaired) electrons. The van der Waals surface area contributed by atoms with Crippen LogP contribution in [-0.4, -0.2) is 46.1 Å². The molecule has 5 heteroatoms. The molecule has 0 saturated carbocycles. The summed E-state index contributed by atoms with van der Waals surface area (Å²) < 4.78 is 0. The molecule has 0 heterocycles. The molecule has 4 N–H and O–H groups in total. The Morgan fingerprint density at radius 2 is 0.652 bits per heavy atom. The van der Waals surface area contributed by atoms with E-state index < -0.39 is 18.2 Å². The molecule has 0 aromatic rings. The van der Waals surface area contributed by atoms with Gasteiger partial charge in [0.1, 0.15) is 0 Å². The highest BCUT2D eigenvalue weighted by molar-refractivity contribution is 5.76. The van der Waals surface area contributed by atoms with Gasteiger partial charge in [-0.1, -0.05) is 321 Å². The molecule has 0 bridgehead atoms. The molecule has 5 nitrogen and oxygen atoms in total. The van der Waals surface area contributed by atoms with Crippen LogP contribution >= 0.6 is 0 Å². The van der Waals surface area contributed by atoms with Gasteiger partial charge >= 0.3 is 0 Å². The molecule has 0 spiro atoms. The van der Waals surface area contributed by atoms with Gasteiger partial charge in [0.05, 0.1) is 31.3 Å². The maximum absolute atomic E-state index is 12.5. The second kappa shape index (κ2) is 56.4. The maximum Gasteiger partial charge on any atom is 0.222 e. The Morgan fingerprint density at radius 1 is 0.379 bits per heavy atom. The van der Waals surface area contributed by atoms with E-state index in [2.05, 4.69) is 31.3 Å². The number of unbranched alkanes of at least 4 members (excludes halogenated alkanes) is 45. The molecule has 0 saturated heterocycles. The Morgan fingerprint density at radius 3 is 0.970 bits per heavy atom. The van der Waals surface area contributed by atoms with E-state index in [-0.39, 0.29) is 18.9 Å². The van der Waals surface area contributed by atoms with Crippen molar-refractivity contribution >= 4 is 5.91 Å². The van der Waals surface area contributed by atoms with Gasteiger partial charge in [-0.25, -0.2) is 0 Å². The van der Waals surface area contributed by atoms with Gasteiger partial charge in [-0.3, -0.25) is 4.79 Å². The lowest BCUT2D eigenvalue weighted by molar-refractivity contribution is -0.124. The van der Waals surface area contributed by atoms with Crippen molar-refractivity contribution < 1.29 is 20.1 Å². The summed E-state index contributed by atoms with van der Waals surface area (Å²) in [4.78, 5) is 12.5.